The first-order valence-electron chi connectivity index (χ1n) is 14.9. The lowest BCUT2D eigenvalue weighted by Gasteiger charge is -2.31. The maximum Gasteiger partial charge on any atom is 0.420 e. The van der Waals surface area contributed by atoms with Crippen LogP contribution in [0.15, 0.2) is 35.4 Å². The van der Waals surface area contributed by atoms with Crippen LogP contribution in [0.25, 0.3) is 10.6 Å². The second kappa shape index (κ2) is 11.1. The molecule has 42 heavy (non-hydrogen) atoms. The molecule has 0 spiro atoms. The Balaban J connectivity index is 1.20. The van der Waals surface area contributed by atoms with Crippen molar-refractivity contribution in [2.24, 2.45) is 0 Å². The molecule has 3 aromatic rings. The summed E-state index contributed by atoms with van der Waals surface area (Å²) in [4.78, 5) is 27.8. The number of benzene rings is 1. The van der Waals surface area contributed by atoms with Crippen molar-refractivity contribution in [1.82, 2.24) is 19.8 Å². The molecule has 2 aliphatic carbocycles. The predicted molar refractivity (Wildman–Crippen MR) is 161 cm³/mol. The number of alkyl halides is 3. The van der Waals surface area contributed by atoms with Gasteiger partial charge in [0.25, 0.3) is 5.91 Å². The molecule has 2 aliphatic heterocycles. The maximum atomic E-state index is 14.2. The molecule has 0 unspecified atom stereocenters. The Kier molecular flexibility index (Phi) is 7.47. The van der Waals surface area contributed by atoms with Gasteiger partial charge in [-0.25, -0.2) is 9.97 Å². The monoisotopic (exact) mass is 613 g/mol. The number of carbonyl (C=O) groups is 1. The van der Waals surface area contributed by atoms with Gasteiger partial charge in [0.1, 0.15) is 10.4 Å². The van der Waals surface area contributed by atoms with Crippen molar-refractivity contribution in [3.05, 3.63) is 52.0 Å². The smallest absolute Gasteiger partial charge is 0.334 e. The van der Waals surface area contributed by atoms with Gasteiger partial charge in [-0.2, -0.15) is 13.2 Å². The third-order valence-electron chi connectivity index (χ3n) is 8.90. The SMILES string of the molecule is CCN1CCC(c2ccc(Nc3ncc(C(F)(F)F)c(-c4cc5c(s4)C(=O)N(C4CC4)CCS5)n3)c(C3CC3)c2)CC1. The Hall–Kier alpha value is -2.63. The summed E-state index contributed by atoms with van der Waals surface area (Å²) in [7, 11) is 0. The molecule has 0 radical (unpaired) electrons. The van der Waals surface area contributed by atoms with Crippen LogP contribution >= 0.6 is 23.1 Å². The second-order valence-electron chi connectivity index (χ2n) is 11.8. The molecule has 4 aliphatic rings. The third kappa shape index (κ3) is 5.67. The van der Waals surface area contributed by atoms with E-state index < -0.39 is 11.7 Å². The number of halogens is 3. The number of nitrogens with one attached hydrogen (secondary N) is 1. The minimum absolute atomic E-state index is 0.0794. The Morgan fingerprint density at radius 3 is 2.50 bits per heavy atom. The van der Waals surface area contributed by atoms with Crippen LogP contribution in [-0.2, 0) is 6.18 Å². The molecule has 2 saturated carbocycles. The number of likely N-dealkylation sites (tertiary alicyclic amines) is 1. The number of rotatable bonds is 7. The zero-order valence-electron chi connectivity index (χ0n) is 23.5. The van der Waals surface area contributed by atoms with Gasteiger partial charge in [-0.3, -0.25) is 4.79 Å². The molecule has 1 saturated heterocycles. The Morgan fingerprint density at radius 1 is 1.02 bits per heavy atom. The first-order valence-corrected chi connectivity index (χ1v) is 16.7. The number of carbonyl (C=O) groups excluding carboxylic acids is 1. The molecular formula is C31H34F3N5OS2. The van der Waals surface area contributed by atoms with Gasteiger partial charge in [0.15, 0.2) is 0 Å². The van der Waals surface area contributed by atoms with E-state index in [1.807, 2.05) is 11.0 Å². The highest BCUT2D eigenvalue weighted by Crippen LogP contribution is 2.47. The first-order chi connectivity index (χ1) is 20.3. The third-order valence-corrected chi connectivity index (χ3v) is 11.2. The summed E-state index contributed by atoms with van der Waals surface area (Å²) in [6.45, 7) is 6.17. The molecular weight excluding hydrogens is 580 g/mol. The van der Waals surface area contributed by atoms with Crippen LogP contribution in [0.1, 0.15) is 83.6 Å². The van der Waals surface area contributed by atoms with Gasteiger partial charge in [-0.05, 0) is 93.3 Å². The van der Waals surface area contributed by atoms with E-state index in [1.165, 1.54) is 22.9 Å². The number of nitrogens with zero attached hydrogens (tertiary/aromatic N) is 4. The van der Waals surface area contributed by atoms with Crippen LogP contribution in [-0.4, -0.2) is 63.6 Å². The zero-order chi connectivity index (χ0) is 29.0. The topological polar surface area (TPSA) is 61.4 Å². The van der Waals surface area contributed by atoms with Crippen molar-refractivity contribution in [1.29, 1.82) is 0 Å². The molecule has 1 amide bonds. The summed E-state index contributed by atoms with van der Waals surface area (Å²) in [5.41, 5.74) is 2.31. The highest BCUT2D eigenvalue weighted by molar-refractivity contribution is 7.99. The van der Waals surface area contributed by atoms with Crippen molar-refractivity contribution < 1.29 is 18.0 Å². The number of hydrogen-bond donors (Lipinski definition) is 1. The minimum atomic E-state index is -4.62. The standard InChI is InChI=1S/C31H34F3N5OS2/c1-2-38-11-9-18(10-12-38)20-5-8-24(22(15-20)19-3-4-19)36-30-35-17-23(31(32,33)34)27(37-30)25-16-26-28(42-25)29(40)39(13-14-41-26)21-6-7-21/h5,8,15-19,21H,2-4,6-7,9-14H2,1H3,(H,35,36,37). The molecule has 2 aromatic heterocycles. The molecule has 222 valence electrons. The molecule has 0 bridgehead atoms. The summed E-state index contributed by atoms with van der Waals surface area (Å²) in [6, 6.07) is 8.45. The Labute approximate surface area is 252 Å². The van der Waals surface area contributed by atoms with Gasteiger partial charge in [-0.15, -0.1) is 23.1 Å². The number of fused-ring (bicyclic) bond motifs is 1. The lowest BCUT2D eigenvalue weighted by Crippen LogP contribution is -2.33. The fraction of sp³-hybridized carbons (Fsp3) is 0.516. The van der Waals surface area contributed by atoms with Crippen molar-refractivity contribution in [3.63, 3.8) is 0 Å². The van der Waals surface area contributed by atoms with Crippen LogP contribution < -0.4 is 5.32 Å². The molecule has 1 aromatic carbocycles. The lowest BCUT2D eigenvalue weighted by molar-refractivity contribution is -0.137. The van der Waals surface area contributed by atoms with Crippen molar-refractivity contribution in [3.8, 4) is 10.6 Å². The van der Waals surface area contributed by atoms with Crippen LogP contribution in [0, 0.1) is 0 Å². The summed E-state index contributed by atoms with van der Waals surface area (Å²) in [6.07, 6.45) is 2.72. The number of aromatic nitrogens is 2. The first kappa shape index (κ1) is 28.2. The summed E-state index contributed by atoms with van der Waals surface area (Å²) in [5, 5.41) is 3.27. The van der Waals surface area contributed by atoms with Gasteiger partial charge in [0.05, 0.1) is 10.6 Å². The van der Waals surface area contributed by atoms with Gasteiger partial charge < -0.3 is 15.1 Å². The molecule has 0 atom stereocenters. The number of thioether (sulfide) groups is 1. The number of amides is 1. The van der Waals surface area contributed by atoms with Crippen molar-refractivity contribution in [2.45, 2.75) is 74.4 Å². The molecule has 4 heterocycles. The number of hydrogen-bond acceptors (Lipinski definition) is 7. The highest BCUT2D eigenvalue weighted by atomic mass is 32.2. The highest BCUT2D eigenvalue weighted by Gasteiger charge is 2.39. The molecule has 6 nitrogen and oxygen atoms in total. The van der Waals surface area contributed by atoms with E-state index >= 15 is 0 Å². The van der Waals surface area contributed by atoms with E-state index in [0.29, 0.717) is 28.1 Å². The largest absolute Gasteiger partial charge is 0.420 e. The average Bonchev–Trinajstić information content (AvgIpc) is 3.92. The van der Waals surface area contributed by atoms with Gasteiger partial charge in [0, 0.05) is 35.1 Å². The maximum absolute atomic E-state index is 14.2. The fourth-order valence-electron chi connectivity index (χ4n) is 6.19. The van der Waals surface area contributed by atoms with E-state index in [1.54, 1.807) is 6.07 Å². The van der Waals surface area contributed by atoms with E-state index in [0.717, 1.165) is 92.0 Å². The van der Waals surface area contributed by atoms with Crippen molar-refractivity contribution >= 4 is 40.6 Å². The van der Waals surface area contributed by atoms with E-state index in [-0.39, 0.29) is 23.6 Å². The molecule has 11 heteroatoms. The number of thiophene rings is 1. The normalized spacial score (nSPS) is 20.5. The lowest BCUT2D eigenvalue weighted by atomic mass is 9.87. The fourth-order valence-corrected chi connectivity index (χ4v) is 8.51. The summed E-state index contributed by atoms with van der Waals surface area (Å²) in [5.74, 6) is 1.75. The summed E-state index contributed by atoms with van der Waals surface area (Å²) >= 11 is 2.64. The van der Waals surface area contributed by atoms with Crippen LogP contribution in [0.2, 0.25) is 0 Å². The van der Waals surface area contributed by atoms with Crippen LogP contribution in [0.3, 0.4) is 0 Å². The zero-order valence-corrected chi connectivity index (χ0v) is 25.2. The van der Waals surface area contributed by atoms with Crippen molar-refractivity contribution in [2.75, 3.05) is 37.2 Å². The number of piperidine rings is 1. The van der Waals surface area contributed by atoms with Crippen LogP contribution in [0.4, 0.5) is 24.8 Å². The average molecular weight is 614 g/mol. The second-order valence-corrected chi connectivity index (χ2v) is 14.0. The van der Waals surface area contributed by atoms with E-state index in [4.69, 9.17) is 0 Å². The molecule has 7 rings (SSSR count). The predicted octanol–water partition coefficient (Wildman–Crippen LogP) is 7.75. The van der Waals surface area contributed by atoms with Gasteiger partial charge >= 0.3 is 6.18 Å². The number of anilines is 2. The van der Waals surface area contributed by atoms with Crippen LogP contribution in [0.5, 0.6) is 0 Å². The molecule has 3 fully saturated rings. The Morgan fingerprint density at radius 2 is 1.81 bits per heavy atom. The van der Waals surface area contributed by atoms with E-state index in [2.05, 4.69) is 39.2 Å². The van der Waals surface area contributed by atoms with Gasteiger partial charge in [0.2, 0.25) is 5.95 Å². The molecule has 1 N–H and O–H groups in total. The minimum Gasteiger partial charge on any atom is -0.334 e. The summed E-state index contributed by atoms with van der Waals surface area (Å²) < 4.78 is 42.5. The quantitative estimate of drug-likeness (QED) is 0.294. The van der Waals surface area contributed by atoms with Gasteiger partial charge in [-0.1, -0.05) is 19.1 Å². The Bertz CT molecular complexity index is 1490. The van der Waals surface area contributed by atoms with E-state index in [9.17, 15) is 18.0 Å².